The average molecular weight is 287 g/mol. The normalized spacial score (nSPS) is 23.4. The van der Waals surface area contributed by atoms with Gasteiger partial charge in [0, 0.05) is 33.1 Å². The Bertz CT molecular complexity index is 354. The quantitative estimate of drug-likeness (QED) is 0.660. The predicted molar refractivity (Wildman–Crippen MR) is 74.3 cm³/mol. The van der Waals surface area contributed by atoms with Gasteiger partial charge in [-0.3, -0.25) is 9.69 Å². The van der Waals surface area contributed by atoms with Crippen molar-refractivity contribution in [1.82, 2.24) is 15.5 Å². The zero-order valence-corrected chi connectivity index (χ0v) is 12.6. The zero-order chi connectivity index (χ0) is 15.3. The van der Waals surface area contributed by atoms with E-state index < -0.39 is 17.8 Å². The molecule has 1 fully saturated rings. The molecular weight excluding hydrogens is 262 g/mol. The maximum atomic E-state index is 11.4. The van der Waals surface area contributed by atoms with Gasteiger partial charge in [0.05, 0.1) is 12.1 Å². The van der Waals surface area contributed by atoms with Crippen LogP contribution in [-0.2, 0) is 9.53 Å². The number of likely N-dealkylation sites (tertiary alicyclic amines) is 1. The molecule has 20 heavy (non-hydrogen) atoms. The highest BCUT2D eigenvalue weighted by atomic mass is 16.6. The van der Waals surface area contributed by atoms with Gasteiger partial charge in [-0.25, -0.2) is 4.79 Å². The van der Waals surface area contributed by atoms with E-state index in [1.165, 1.54) is 6.92 Å². The Kier molecular flexibility index (Phi) is 5.76. The highest BCUT2D eigenvalue weighted by Gasteiger charge is 2.31. The molecule has 1 saturated heterocycles. The van der Waals surface area contributed by atoms with Gasteiger partial charge in [-0.05, 0) is 20.8 Å². The van der Waals surface area contributed by atoms with Gasteiger partial charge in [0.15, 0.2) is 0 Å². The number of carbonyl (C=O) groups excluding carboxylic acids is 2. The maximum Gasteiger partial charge on any atom is 0.407 e. The van der Waals surface area contributed by atoms with Crippen molar-refractivity contribution in [2.24, 2.45) is 0 Å². The van der Waals surface area contributed by atoms with Crippen LogP contribution in [0.25, 0.3) is 0 Å². The molecule has 116 valence electrons. The summed E-state index contributed by atoms with van der Waals surface area (Å²) in [5.74, 6) is -0.150. The monoisotopic (exact) mass is 287 g/mol. The van der Waals surface area contributed by atoms with Gasteiger partial charge in [0.1, 0.15) is 5.60 Å². The van der Waals surface area contributed by atoms with Crippen LogP contribution in [0, 0.1) is 0 Å². The first-order valence-electron chi connectivity index (χ1n) is 6.82. The van der Waals surface area contributed by atoms with E-state index in [4.69, 9.17) is 4.74 Å². The molecule has 0 aromatic carbocycles. The van der Waals surface area contributed by atoms with Crippen molar-refractivity contribution < 1.29 is 19.4 Å². The summed E-state index contributed by atoms with van der Waals surface area (Å²) >= 11 is 0. The molecule has 0 bridgehead atoms. The topological polar surface area (TPSA) is 90.9 Å². The van der Waals surface area contributed by atoms with Crippen LogP contribution < -0.4 is 10.6 Å². The molecule has 7 nitrogen and oxygen atoms in total. The molecule has 1 rings (SSSR count). The summed E-state index contributed by atoms with van der Waals surface area (Å²) in [5, 5.41) is 15.2. The van der Waals surface area contributed by atoms with E-state index in [9.17, 15) is 14.7 Å². The number of alkyl carbamates (subject to hydrolysis) is 1. The fourth-order valence-electron chi connectivity index (χ4n) is 2.08. The van der Waals surface area contributed by atoms with Crippen LogP contribution in [0.4, 0.5) is 4.79 Å². The van der Waals surface area contributed by atoms with E-state index in [1.807, 2.05) is 4.90 Å². The number of carbonyl (C=O) groups is 2. The number of aliphatic hydroxyl groups excluding tert-OH is 1. The third-order valence-electron chi connectivity index (χ3n) is 2.85. The SMILES string of the molecule is CC(=O)N[C@@H]1CN(CCNC(=O)OC(C)(C)C)C[C@H]1O. The smallest absolute Gasteiger partial charge is 0.407 e. The summed E-state index contributed by atoms with van der Waals surface area (Å²) < 4.78 is 5.12. The zero-order valence-electron chi connectivity index (χ0n) is 12.6. The van der Waals surface area contributed by atoms with Crippen LogP contribution in [0.2, 0.25) is 0 Å². The third-order valence-corrected chi connectivity index (χ3v) is 2.85. The van der Waals surface area contributed by atoms with Crippen LogP contribution in [0.15, 0.2) is 0 Å². The minimum Gasteiger partial charge on any atom is -0.444 e. The predicted octanol–water partition coefficient (Wildman–Crippen LogP) is -0.308. The Labute approximate surface area is 119 Å². The summed E-state index contributed by atoms with van der Waals surface area (Å²) in [4.78, 5) is 24.4. The molecule has 0 unspecified atom stereocenters. The Morgan fingerprint density at radius 3 is 2.55 bits per heavy atom. The molecule has 0 aromatic rings. The fourth-order valence-corrected chi connectivity index (χ4v) is 2.08. The van der Waals surface area contributed by atoms with E-state index in [0.29, 0.717) is 26.2 Å². The number of hydrogen-bond acceptors (Lipinski definition) is 5. The first-order valence-corrected chi connectivity index (χ1v) is 6.82. The molecule has 1 heterocycles. The van der Waals surface area contributed by atoms with Gasteiger partial charge >= 0.3 is 6.09 Å². The minimum atomic E-state index is -0.569. The van der Waals surface area contributed by atoms with Crippen molar-refractivity contribution in [2.75, 3.05) is 26.2 Å². The highest BCUT2D eigenvalue weighted by Crippen LogP contribution is 2.09. The fraction of sp³-hybridized carbons (Fsp3) is 0.846. The van der Waals surface area contributed by atoms with Crippen LogP contribution in [0.3, 0.4) is 0 Å². The number of hydrogen-bond donors (Lipinski definition) is 3. The van der Waals surface area contributed by atoms with Crippen LogP contribution >= 0.6 is 0 Å². The van der Waals surface area contributed by atoms with Crippen molar-refractivity contribution in [3.8, 4) is 0 Å². The lowest BCUT2D eigenvalue weighted by atomic mass is 10.2. The molecule has 7 heteroatoms. The van der Waals surface area contributed by atoms with Gasteiger partial charge in [-0.1, -0.05) is 0 Å². The summed E-state index contributed by atoms with van der Waals surface area (Å²) in [6.07, 6.45) is -1.02. The van der Waals surface area contributed by atoms with E-state index in [2.05, 4.69) is 10.6 Å². The lowest BCUT2D eigenvalue weighted by Gasteiger charge is -2.21. The van der Waals surface area contributed by atoms with Gasteiger partial charge in [0.2, 0.25) is 5.91 Å². The molecule has 0 radical (unpaired) electrons. The van der Waals surface area contributed by atoms with E-state index in [0.717, 1.165) is 0 Å². The molecule has 0 saturated carbocycles. The average Bonchev–Trinajstić information content (AvgIpc) is 2.55. The molecule has 2 atom stereocenters. The van der Waals surface area contributed by atoms with E-state index >= 15 is 0 Å². The molecular formula is C13H25N3O4. The molecule has 1 aliphatic rings. The third kappa shape index (κ3) is 6.21. The van der Waals surface area contributed by atoms with E-state index in [-0.39, 0.29) is 11.9 Å². The number of aliphatic hydroxyl groups is 1. The largest absolute Gasteiger partial charge is 0.444 e. The van der Waals surface area contributed by atoms with Crippen LogP contribution in [0.5, 0.6) is 0 Å². The Morgan fingerprint density at radius 2 is 2.00 bits per heavy atom. The highest BCUT2D eigenvalue weighted by molar-refractivity contribution is 5.73. The number of amides is 2. The Hall–Kier alpha value is -1.34. The second-order valence-electron chi connectivity index (χ2n) is 6.06. The van der Waals surface area contributed by atoms with Crippen LogP contribution in [0.1, 0.15) is 27.7 Å². The second-order valence-corrected chi connectivity index (χ2v) is 6.06. The lowest BCUT2D eigenvalue weighted by Crippen LogP contribution is -2.42. The van der Waals surface area contributed by atoms with Crippen molar-refractivity contribution in [3.63, 3.8) is 0 Å². The number of ether oxygens (including phenoxy) is 1. The maximum absolute atomic E-state index is 11.4. The molecule has 1 aliphatic heterocycles. The standard InChI is InChI=1S/C13H25N3O4/c1-9(17)15-10-7-16(8-11(10)18)6-5-14-12(19)20-13(2,3)4/h10-11,18H,5-8H2,1-4H3,(H,14,19)(H,15,17)/t10-,11-/m1/s1. The Morgan fingerprint density at radius 1 is 1.35 bits per heavy atom. The summed E-state index contributed by atoms with van der Waals surface area (Å²) in [5.41, 5.74) is -0.509. The Balaban J connectivity index is 2.24. The first-order chi connectivity index (χ1) is 9.17. The summed E-state index contributed by atoms with van der Waals surface area (Å²) in [6.45, 7) is 8.96. The lowest BCUT2D eigenvalue weighted by molar-refractivity contribution is -0.120. The van der Waals surface area contributed by atoms with Crippen molar-refractivity contribution in [3.05, 3.63) is 0 Å². The molecule has 0 aromatic heterocycles. The molecule has 0 spiro atoms. The second kappa shape index (κ2) is 6.90. The van der Waals surface area contributed by atoms with Gasteiger partial charge in [-0.15, -0.1) is 0 Å². The van der Waals surface area contributed by atoms with E-state index in [1.54, 1.807) is 20.8 Å². The summed E-state index contributed by atoms with van der Waals surface area (Å²) in [7, 11) is 0. The molecule has 0 aliphatic carbocycles. The molecule has 3 N–H and O–H groups in total. The van der Waals surface area contributed by atoms with Gasteiger partial charge < -0.3 is 20.5 Å². The number of rotatable bonds is 4. The van der Waals surface area contributed by atoms with Gasteiger partial charge in [0.25, 0.3) is 0 Å². The van der Waals surface area contributed by atoms with Crippen LogP contribution in [-0.4, -0.2) is 65.9 Å². The van der Waals surface area contributed by atoms with Crippen molar-refractivity contribution in [1.29, 1.82) is 0 Å². The van der Waals surface area contributed by atoms with Crippen molar-refractivity contribution >= 4 is 12.0 Å². The number of β-amino-alcohol motifs (C(OH)–C–C–N with tert-alkyl or cyclic N) is 1. The minimum absolute atomic E-state index is 0.150. The summed E-state index contributed by atoms with van der Waals surface area (Å²) in [6, 6.07) is -0.242. The molecule has 2 amide bonds. The number of nitrogens with one attached hydrogen (secondary N) is 2. The number of nitrogens with zero attached hydrogens (tertiary/aromatic N) is 1. The van der Waals surface area contributed by atoms with Crippen molar-refractivity contribution in [2.45, 2.75) is 45.4 Å². The first kappa shape index (κ1) is 16.7. The van der Waals surface area contributed by atoms with Gasteiger partial charge in [-0.2, -0.15) is 0 Å².